The van der Waals surface area contributed by atoms with Crippen LogP contribution in [0.4, 0.5) is 5.69 Å². The molecule has 0 saturated heterocycles. The van der Waals surface area contributed by atoms with Gasteiger partial charge in [-0.3, -0.25) is 4.79 Å². The molecule has 1 N–H and O–H groups in total. The number of nitrogens with one attached hydrogen (secondary N) is 1. The Hall–Kier alpha value is -3.34. The molecule has 0 bridgehead atoms. The Morgan fingerprint density at radius 1 is 1.22 bits per heavy atom. The monoisotopic (exact) mass is 429 g/mol. The summed E-state index contributed by atoms with van der Waals surface area (Å²) in [5.74, 6) is 0.862. The first kappa shape index (κ1) is 21.9. The van der Waals surface area contributed by atoms with Gasteiger partial charge in [0.2, 0.25) is 0 Å². The molecule has 1 unspecified atom stereocenters. The van der Waals surface area contributed by atoms with Crippen LogP contribution < -0.4 is 15.1 Å². The zero-order valence-electron chi connectivity index (χ0n) is 19.5. The van der Waals surface area contributed by atoms with Gasteiger partial charge in [-0.15, -0.1) is 0 Å². The second-order valence-electron chi connectivity index (χ2n) is 9.30. The molecule has 0 saturated carbocycles. The van der Waals surface area contributed by atoms with Crippen molar-refractivity contribution in [3.8, 4) is 5.75 Å². The molecule has 166 valence electrons. The van der Waals surface area contributed by atoms with Gasteiger partial charge in [0.25, 0.3) is 5.91 Å². The van der Waals surface area contributed by atoms with Crippen LogP contribution in [0.2, 0.25) is 0 Å². The molecule has 1 amide bonds. The summed E-state index contributed by atoms with van der Waals surface area (Å²) in [7, 11) is 2.16. The van der Waals surface area contributed by atoms with Crippen molar-refractivity contribution in [3.05, 3.63) is 71.3 Å². The number of rotatable bonds is 5. The molecule has 0 radical (unpaired) electrons. The van der Waals surface area contributed by atoms with E-state index in [1.807, 2.05) is 42.5 Å². The molecule has 5 nitrogen and oxygen atoms in total. The quantitative estimate of drug-likeness (QED) is 0.436. The first-order valence-corrected chi connectivity index (χ1v) is 11.1. The molecule has 1 aliphatic heterocycles. The van der Waals surface area contributed by atoms with E-state index >= 15 is 0 Å². The lowest BCUT2D eigenvalue weighted by atomic mass is 9.79. The van der Waals surface area contributed by atoms with Crippen LogP contribution in [0.15, 0.2) is 59.7 Å². The normalized spacial score (nSPS) is 17.4. The summed E-state index contributed by atoms with van der Waals surface area (Å²) in [6, 6.07) is 18.2. The summed E-state index contributed by atoms with van der Waals surface area (Å²) in [5.41, 5.74) is 7.46. The molecule has 4 rings (SSSR count). The standard InChI is InChI=1S/C27H31N3O2/c1-18-13-24-23(19(2)15-27(3,4)30(24)5)14-21(18)16-28-29-26(31)17-32-25-12-8-10-20-9-6-7-11-22(20)25/h6-14,16,19H,15,17H2,1-5H3,(H,29,31)/b28-16+. The zero-order chi connectivity index (χ0) is 22.9. The molecule has 1 heterocycles. The van der Waals surface area contributed by atoms with Crippen LogP contribution in [-0.4, -0.2) is 31.3 Å². The minimum absolute atomic E-state index is 0.0918. The van der Waals surface area contributed by atoms with Crippen molar-refractivity contribution in [3.63, 3.8) is 0 Å². The van der Waals surface area contributed by atoms with Gasteiger partial charge in [0, 0.05) is 23.7 Å². The summed E-state index contributed by atoms with van der Waals surface area (Å²) in [4.78, 5) is 14.6. The van der Waals surface area contributed by atoms with Crippen molar-refractivity contribution < 1.29 is 9.53 Å². The molecule has 3 aromatic rings. The summed E-state index contributed by atoms with van der Waals surface area (Å²) in [5, 5.41) is 6.24. The van der Waals surface area contributed by atoms with E-state index < -0.39 is 0 Å². The van der Waals surface area contributed by atoms with Crippen LogP contribution in [0.3, 0.4) is 0 Å². The predicted octanol–water partition coefficient (Wildman–Crippen LogP) is 5.40. The van der Waals surface area contributed by atoms with E-state index in [0.717, 1.165) is 28.3 Å². The van der Waals surface area contributed by atoms with Gasteiger partial charge < -0.3 is 9.64 Å². The zero-order valence-corrected chi connectivity index (χ0v) is 19.5. The second kappa shape index (κ2) is 8.65. The molecule has 3 aromatic carbocycles. The highest BCUT2D eigenvalue weighted by molar-refractivity contribution is 5.89. The fourth-order valence-corrected chi connectivity index (χ4v) is 4.54. The molecular weight excluding hydrogens is 398 g/mol. The van der Waals surface area contributed by atoms with Gasteiger partial charge in [0.05, 0.1) is 6.21 Å². The van der Waals surface area contributed by atoms with E-state index in [0.29, 0.717) is 11.7 Å². The molecular formula is C27H31N3O2. The fourth-order valence-electron chi connectivity index (χ4n) is 4.54. The number of nitrogens with zero attached hydrogens (tertiary/aromatic N) is 2. The number of carbonyl (C=O) groups is 1. The Morgan fingerprint density at radius 2 is 1.97 bits per heavy atom. The van der Waals surface area contributed by atoms with Crippen molar-refractivity contribution >= 4 is 28.6 Å². The highest BCUT2D eigenvalue weighted by Gasteiger charge is 2.34. The summed E-state index contributed by atoms with van der Waals surface area (Å²) >= 11 is 0. The van der Waals surface area contributed by atoms with Crippen molar-refractivity contribution in [2.75, 3.05) is 18.6 Å². The van der Waals surface area contributed by atoms with Gasteiger partial charge in [-0.2, -0.15) is 5.10 Å². The number of amides is 1. The topological polar surface area (TPSA) is 53.9 Å². The third-order valence-electron chi connectivity index (χ3n) is 6.52. The molecule has 5 heteroatoms. The van der Waals surface area contributed by atoms with Gasteiger partial charge in [-0.25, -0.2) is 5.43 Å². The smallest absolute Gasteiger partial charge is 0.277 e. The SMILES string of the molecule is Cc1cc2c(cc1/C=N/NC(=O)COc1cccc3ccccc13)C(C)CC(C)(C)N2C. The third kappa shape index (κ3) is 4.33. The van der Waals surface area contributed by atoms with Crippen molar-refractivity contribution in [1.82, 2.24) is 5.43 Å². The van der Waals surface area contributed by atoms with E-state index in [-0.39, 0.29) is 18.1 Å². The van der Waals surface area contributed by atoms with Crippen molar-refractivity contribution in [1.29, 1.82) is 0 Å². The van der Waals surface area contributed by atoms with Gasteiger partial charge in [-0.1, -0.05) is 43.3 Å². The van der Waals surface area contributed by atoms with Gasteiger partial charge in [0.15, 0.2) is 6.61 Å². The lowest BCUT2D eigenvalue weighted by Gasteiger charge is -2.45. The number of hydrogen-bond acceptors (Lipinski definition) is 4. The maximum absolute atomic E-state index is 12.3. The first-order chi connectivity index (χ1) is 15.3. The van der Waals surface area contributed by atoms with Crippen LogP contribution in [0.1, 0.15) is 49.8 Å². The molecule has 0 aromatic heterocycles. The van der Waals surface area contributed by atoms with Gasteiger partial charge in [-0.05, 0) is 73.4 Å². The summed E-state index contributed by atoms with van der Waals surface area (Å²) in [6.45, 7) is 8.83. The second-order valence-corrected chi connectivity index (χ2v) is 9.30. The number of hydrogen-bond donors (Lipinski definition) is 1. The van der Waals surface area contributed by atoms with E-state index in [2.05, 4.69) is 62.3 Å². The van der Waals surface area contributed by atoms with Crippen molar-refractivity contribution in [2.45, 2.75) is 45.6 Å². The maximum atomic E-state index is 12.3. The van der Waals surface area contributed by atoms with Gasteiger partial charge >= 0.3 is 0 Å². The average molecular weight is 430 g/mol. The molecule has 0 fully saturated rings. The molecule has 0 spiro atoms. The number of fused-ring (bicyclic) bond motifs is 2. The highest BCUT2D eigenvalue weighted by atomic mass is 16.5. The lowest BCUT2D eigenvalue weighted by molar-refractivity contribution is -0.123. The maximum Gasteiger partial charge on any atom is 0.277 e. The third-order valence-corrected chi connectivity index (χ3v) is 6.52. The number of anilines is 1. The van der Waals surface area contributed by atoms with E-state index in [4.69, 9.17) is 4.74 Å². The van der Waals surface area contributed by atoms with E-state index in [9.17, 15) is 4.79 Å². The minimum Gasteiger partial charge on any atom is -0.483 e. The number of ether oxygens (including phenoxy) is 1. The van der Waals surface area contributed by atoms with Crippen LogP contribution in [0.25, 0.3) is 10.8 Å². The Kier molecular flexibility index (Phi) is 5.92. The minimum atomic E-state index is -0.292. The van der Waals surface area contributed by atoms with Crippen molar-refractivity contribution in [2.24, 2.45) is 5.10 Å². The Morgan fingerprint density at radius 3 is 2.78 bits per heavy atom. The van der Waals surface area contributed by atoms with Crippen LogP contribution in [0, 0.1) is 6.92 Å². The lowest BCUT2D eigenvalue weighted by Crippen LogP contribution is -2.45. The largest absolute Gasteiger partial charge is 0.483 e. The number of benzene rings is 3. The Balaban J connectivity index is 1.42. The van der Waals surface area contributed by atoms with Crippen LogP contribution in [-0.2, 0) is 4.79 Å². The molecule has 32 heavy (non-hydrogen) atoms. The highest BCUT2D eigenvalue weighted by Crippen LogP contribution is 2.43. The van der Waals surface area contributed by atoms with Gasteiger partial charge in [0.1, 0.15) is 5.75 Å². The van der Waals surface area contributed by atoms with E-state index in [1.165, 1.54) is 11.3 Å². The summed E-state index contributed by atoms with van der Waals surface area (Å²) in [6.07, 6.45) is 2.82. The van der Waals surface area contributed by atoms with E-state index in [1.54, 1.807) is 6.21 Å². The van der Waals surface area contributed by atoms with Crippen LogP contribution in [0.5, 0.6) is 5.75 Å². The predicted molar refractivity (Wildman–Crippen MR) is 132 cm³/mol. The fraction of sp³-hybridized carbons (Fsp3) is 0.333. The molecule has 0 aliphatic carbocycles. The first-order valence-electron chi connectivity index (χ1n) is 11.1. The van der Waals surface area contributed by atoms with Crippen LogP contribution >= 0.6 is 0 Å². The number of aryl methyl sites for hydroxylation is 1. The Labute approximate surface area is 190 Å². The molecule has 1 aliphatic rings. The summed E-state index contributed by atoms with van der Waals surface area (Å²) < 4.78 is 5.74. The average Bonchev–Trinajstić information content (AvgIpc) is 2.76. The Bertz CT molecular complexity index is 1180. The number of carbonyl (C=O) groups excluding carboxylic acids is 1. The molecule has 1 atom stereocenters. The number of hydrazone groups is 1.